The van der Waals surface area contributed by atoms with Crippen LogP contribution in [0.4, 0.5) is 10.5 Å². The molecule has 6 heteroatoms. The molecule has 0 atom stereocenters. The van der Waals surface area contributed by atoms with E-state index in [4.69, 9.17) is 10.8 Å². The van der Waals surface area contributed by atoms with Gasteiger partial charge < -0.3 is 21.5 Å². The highest BCUT2D eigenvalue weighted by Gasteiger charge is 2.04. The molecule has 6 nitrogen and oxygen atoms in total. The molecular weight excluding hydrogens is 210 g/mol. The highest BCUT2D eigenvalue weighted by Crippen LogP contribution is 2.08. The lowest BCUT2D eigenvalue weighted by molar-refractivity contribution is 0.0945. The van der Waals surface area contributed by atoms with Crippen LogP contribution >= 0.6 is 0 Å². The molecule has 0 unspecified atom stereocenters. The van der Waals surface area contributed by atoms with Crippen LogP contribution in [0, 0.1) is 0 Å². The van der Waals surface area contributed by atoms with E-state index in [9.17, 15) is 9.59 Å². The Labute approximate surface area is 92.4 Å². The Balaban J connectivity index is 2.63. The van der Waals surface area contributed by atoms with Gasteiger partial charge in [-0.05, 0) is 24.3 Å². The Morgan fingerprint density at radius 1 is 1.25 bits per heavy atom. The Hall–Kier alpha value is -2.08. The number of nitrogens with two attached hydrogens (primary N) is 1. The number of benzene rings is 1. The lowest BCUT2D eigenvalue weighted by atomic mass is 10.2. The predicted octanol–water partition coefficient (Wildman–Crippen LogP) is -0.101. The zero-order valence-corrected chi connectivity index (χ0v) is 8.56. The largest absolute Gasteiger partial charge is 0.395 e. The molecular formula is C10H13N3O3. The highest BCUT2D eigenvalue weighted by atomic mass is 16.3. The topological polar surface area (TPSA) is 104 Å². The fraction of sp³-hybridized carbons (Fsp3) is 0.200. The zero-order chi connectivity index (χ0) is 12.0. The van der Waals surface area contributed by atoms with Crippen LogP contribution < -0.4 is 16.4 Å². The molecule has 0 saturated carbocycles. The van der Waals surface area contributed by atoms with Gasteiger partial charge in [0.15, 0.2) is 0 Å². The third-order valence-corrected chi connectivity index (χ3v) is 1.81. The molecule has 0 heterocycles. The third-order valence-electron chi connectivity index (χ3n) is 1.81. The number of carbonyl (C=O) groups is 2. The van der Waals surface area contributed by atoms with Gasteiger partial charge in [0.1, 0.15) is 0 Å². The Kier molecular flexibility index (Phi) is 4.28. The lowest BCUT2D eigenvalue weighted by Crippen LogP contribution is -2.26. The summed E-state index contributed by atoms with van der Waals surface area (Å²) in [5.41, 5.74) is 5.90. The summed E-state index contributed by atoms with van der Waals surface area (Å²) < 4.78 is 0. The molecule has 0 aliphatic heterocycles. The van der Waals surface area contributed by atoms with Crippen LogP contribution in [-0.2, 0) is 0 Å². The van der Waals surface area contributed by atoms with E-state index in [2.05, 4.69) is 10.6 Å². The van der Waals surface area contributed by atoms with Crippen molar-refractivity contribution < 1.29 is 14.7 Å². The molecule has 86 valence electrons. The number of nitrogens with one attached hydrogen (secondary N) is 2. The molecule has 0 bridgehead atoms. The minimum absolute atomic E-state index is 0.104. The van der Waals surface area contributed by atoms with Crippen LogP contribution in [-0.4, -0.2) is 30.2 Å². The molecule has 0 fully saturated rings. The molecule has 0 saturated heterocycles. The fourth-order valence-corrected chi connectivity index (χ4v) is 1.12. The average molecular weight is 223 g/mol. The van der Waals surface area contributed by atoms with E-state index >= 15 is 0 Å². The summed E-state index contributed by atoms with van der Waals surface area (Å²) in [6, 6.07) is 5.59. The number of hydrogen-bond donors (Lipinski definition) is 4. The normalized spacial score (nSPS) is 9.56. The molecule has 0 aliphatic rings. The molecule has 0 spiro atoms. The van der Waals surface area contributed by atoms with Crippen LogP contribution in [0.25, 0.3) is 0 Å². The van der Waals surface area contributed by atoms with Crippen LogP contribution in [0.2, 0.25) is 0 Å². The van der Waals surface area contributed by atoms with E-state index in [1.807, 2.05) is 0 Å². The van der Waals surface area contributed by atoms with E-state index in [1.165, 1.54) is 0 Å². The number of rotatable bonds is 4. The zero-order valence-electron chi connectivity index (χ0n) is 8.56. The summed E-state index contributed by atoms with van der Waals surface area (Å²) in [5, 5.41) is 13.4. The number of anilines is 1. The van der Waals surface area contributed by atoms with Gasteiger partial charge in [-0.15, -0.1) is 0 Å². The molecule has 1 rings (SSSR count). The van der Waals surface area contributed by atoms with Gasteiger partial charge in [0, 0.05) is 17.8 Å². The monoisotopic (exact) mass is 223 g/mol. The molecule has 1 aromatic carbocycles. The Morgan fingerprint density at radius 3 is 2.38 bits per heavy atom. The maximum atomic E-state index is 11.4. The summed E-state index contributed by atoms with van der Waals surface area (Å²) in [7, 11) is 0. The van der Waals surface area contributed by atoms with Crippen molar-refractivity contribution >= 4 is 17.6 Å². The molecule has 1 aromatic rings. The van der Waals surface area contributed by atoms with Crippen molar-refractivity contribution in [2.24, 2.45) is 5.73 Å². The first-order valence-electron chi connectivity index (χ1n) is 4.69. The average Bonchev–Trinajstić information content (AvgIpc) is 2.26. The Morgan fingerprint density at radius 2 is 1.88 bits per heavy atom. The van der Waals surface area contributed by atoms with Crippen molar-refractivity contribution in [1.82, 2.24) is 5.32 Å². The first kappa shape index (κ1) is 12.0. The summed E-state index contributed by atoms with van der Waals surface area (Å²) >= 11 is 0. The predicted molar refractivity (Wildman–Crippen MR) is 59.1 cm³/mol. The summed E-state index contributed by atoms with van der Waals surface area (Å²) in [4.78, 5) is 21.9. The van der Waals surface area contributed by atoms with E-state index in [0.717, 1.165) is 0 Å². The van der Waals surface area contributed by atoms with Gasteiger partial charge in [-0.3, -0.25) is 4.79 Å². The van der Waals surface area contributed by atoms with Crippen LogP contribution in [0.15, 0.2) is 24.3 Å². The van der Waals surface area contributed by atoms with Gasteiger partial charge in [-0.25, -0.2) is 4.79 Å². The maximum absolute atomic E-state index is 11.4. The first-order valence-corrected chi connectivity index (χ1v) is 4.69. The Bertz CT molecular complexity index is 375. The van der Waals surface area contributed by atoms with Gasteiger partial charge in [0.25, 0.3) is 5.91 Å². The number of amides is 3. The third kappa shape index (κ3) is 3.58. The standard InChI is InChI=1S/C10H13N3O3/c11-10(16)13-8-3-1-7(2-4-8)9(15)12-5-6-14/h1-4,14H,5-6H2,(H,12,15)(H3,11,13,16). The SMILES string of the molecule is NC(=O)Nc1ccc(C(=O)NCCO)cc1. The van der Waals surface area contributed by atoms with Crippen molar-refractivity contribution in [1.29, 1.82) is 0 Å². The van der Waals surface area contributed by atoms with Crippen molar-refractivity contribution in [2.45, 2.75) is 0 Å². The second kappa shape index (κ2) is 5.72. The van der Waals surface area contributed by atoms with E-state index in [-0.39, 0.29) is 19.1 Å². The van der Waals surface area contributed by atoms with Gasteiger partial charge >= 0.3 is 6.03 Å². The summed E-state index contributed by atoms with van der Waals surface area (Å²) in [5.74, 6) is -0.278. The number of carbonyl (C=O) groups excluding carboxylic acids is 2. The lowest BCUT2D eigenvalue weighted by Gasteiger charge is -2.05. The van der Waals surface area contributed by atoms with Crippen molar-refractivity contribution in [3.8, 4) is 0 Å². The molecule has 16 heavy (non-hydrogen) atoms. The van der Waals surface area contributed by atoms with E-state index in [0.29, 0.717) is 11.3 Å². The molecule has 3 amide bonds. The van der Waals surface area contributed by atoms with Crippen LogP contribution in [0.1, 0.15) is 10.4 Å². The molecule has 0 aliphatic carbocycles. The van der Waals surface area contributed by atoms with Gasteiger partial charge in [0.2, 0.25) is 0 Å². The molecule has 0 radical (unpaired) electrons. The molecule has 0 aromatic heterocycles. The summed E-state index contributed by atoms with van der Waals surface area (Å²) in [6.07, 6.45) is 0. The molecule has 5 N–H and O–H groups in total. The van der Waals surface area contributed by atoms with Crippen molar-refractivity contribution in [3.63, 3.8) is 0 Å². The summed E-state index contributed by atoms with van der Waals surface area (Å²) in [6.45, 7) is 0.104. The minimum Gasteiger partial charge on any atom is -0.395 e. The number of hydrogen-bond acceptors (Lipinski definition) is 3. The number of urea groups is 1. The second-order valence-electron chi connectivity index (χ2n) is 3.05. The van der Waals surface area contributed by atoms with Crippen LogP contribution in [0.5, 0.6) is 0 Å². The number of aliphatic hydroxyl groups excluding tert-OH is 1. The van der Waals surface area contributed by atoms with Crippen LogP contribution in [0.3, 0.4) is 0 Å². The van der Waals surface area contributed by atoms with Crippen molar-refractivity contribution in [3.05, 3.63) is 29.8 Å². The first-order chi connectivity index (χ1) is 7.63. The number of primary amides is 1. The van der Waals surface area contributed by atoms with E-state index in [1.54, 1.807) is 24.3 Å². The van der Waals surface area contributed by atoms with Gasteiger partial charge in [-0.2, -0.15) is 0 Å². The van der Waals surface area contributed by atoms with Crippen molar-refractivity contribution in [2.75, 3.05) is 18.5 Å². The van der Waals surface area contributed by atoms with Gasteiger partial charge in [0.05, 0.1) is 6.61 Å². The van der Waals surface area contributed by atoms with Gasteiger partial charge in [-0.1, -0.05) is 0 Å². The maximum Gasteiger partial charge on any atom is 0.316 e. The second-order valence-corrected chi connectivity index (χ2v) is 3.05. The highest BCUT2D eigenvalue weighted by molar-refractivity contribution is 5.95. The smallest absolute Gasteiger partial charge is 0.316 e. The fourth-order valence-electron chi connectivity index (χ4n) is 1.12. The van der Waals surface area contributed by atoms with E-state index < -0.39 is 6.03 Å². The quantitative estimate of drug-likeness (QED) is 0.572. The number of aliphatic hydroxyl groups is 1. The minimum atomic E-state index is -0.655.